The van der Waals surface area contributed by atoms with Gasteiger partial charge < -0.3 is 15.8 Å². The zero-order valence-corrected chi connectivity index (χ0v) is 17.4. The fourth-order valence-corrected chi connectivity index (χ4v) is 3.26. The summed E-state index contributed by atoms with van der Waals surface area (Å²) in [5.41, 5.74) is 8.21. The van der Waals surface area contributed by atoms with Gasteiger partial charge in [0.05, 0.1) is 0 Å². The molecule has 1 aromatic carbocycles. The fraction of sp³-hybridized carbons (Fsp3) is 0.444. The van der Waals surface area contributed by atoms with Crippen molar-refractivity contribution in [3.05, 3.63) is 47.4 Å². The summed E-state index contributed by atoms with van der Waals surface area (Å²) in [7, 11) is 1.66. The molecule has 2 aromatic rings. The molecule has 1 fully saturated rings. The lowest BCUT2D eigenvalue weighted by Crippen LogP contribution is -2.35. The Morgan fingerprint density at radius 3 is 2.46 bits per heavy atom. The number of hydrogen-bond acceptors (Lipinski definition) is 6. The summed E-state index contributed by atoms with van der Waals surface area (Å²) < 4.78 is 5.20. The van der Waals surface area contributed by atoms with Crippen molar-refractivity contribution in [2.24, 2.45) is 5.73 Å². The number of aromatic nitrogens is 2. The molecule has 0 amide bonds. The molecule has 0 saturated heterocycles. The summed E-state index contributed by atoms with van der Waals surface area (Å²) >= 11 is 1.75. The van der Waals surface area contributed by atoms with Crippen LogP contribution in [0.5, 0.6) is 0 Å². The van der Waals surface area contributed by atoms with E-state index in [0.29, 0.717) is 18.6 Å². The van der Waals surface area contributed by atoms with Crippen molar-refractivity contribution in [2.45, 2.75) is 42.8 Å². The highest BCUT2D eigenvalue weighted by molar-refractivity contribution is 7.98. The minimum atomic E-state index is 0. The van der Waals surface area contributed by atoms with Crippen LogP contribution in [0.3, 0.4) is 0 Å². The van der Waals surface area contributed by atoms with Gasteiger partial charge in [-0.2, -0.15) is 0 Å². The van der Waals surface area contributed by atoms with Crippen LogP contribution >= 0.6 is 36.6 Å². The molecule has 5 nitrogen and oxygen atoms in total. The summed E-state index contributed by atoms with van der Waals surface area (Å²) in [6.07, 6.45) is 4.08. The maximum absolute atomic E-state index is 5.91. The molecule has 1 aromatic heterocycles. The highest BCUT2D eigenvalue weighted by atomic mass is 35.5. The number of nitrogens with zero attached hydrogens (tertiary/aromatic N) is 2. The first-order valence-corrected chi connectivity index (χ1v) is 9.39. The van der Waals surface area contributed by atoms with Gasteiger partial charge in [0.1, 0.15) is 12.4 Å². The molecule has 0 bridgehead atoms. The number of ether oxygens (including phenoxy) is 1. The van der Waals surface area contributed by atoms with Crippen LogP contribution < -0.4 is 11.1 Å². The van der Waals surface area contributed by atoms with E-state index in [4.69, 9.17) is 10.5 Å². The number of benzene rings is 1. The lowest BCUT2D eigenvalue weighted by Gasteiger charge is -2.32. The summed E-state index contributed by atoms with van der Waals surface area (Å²) in [4.78, 5) is 10.4. The number of thioether (sulfide) groups is 1. The van der Waals surface area contributed by atoms with Gasteiger partial charge in [-0.1, -0.05) is 12.1 Å². The number of hydrogen-bond donors (Lipinski definition) is 2. The second kappa shape index (κ2) is 10.9. The summed E-state index contributed by atoms with van der Waals surface area (Å²) in [5.74, 6) is 2.01. The third-order valence-electron chi connectivity index (χ3n) is 4.29. The van der Waals surface area contributed by atoms with Gasteiger partial charge in [0.15, 0.2) is 5.82 Å². The molecule has 1 aliphatic rings. The van der Waals surface area contributed by atoms with E-state index in [0.717, 1.165) is 36.7 Å². The van der Waals surface area contributed by atoms with E-state index in [-0.39, 0.29) is 24.8 Å². The number of rotatable bonds is 7. The standard InChI is InChI=1S/C18H24N4OS.2ClH/c1-23-11-18-21-16(13-7-14(19)8-13)9-17(22-18)20-10-12-3-5-15(24-2)6-4-12;;/h3-6,9,13-14H,7-8,10-11,19H2,1-2H3,(H,20,21,22);2*1H. The molecule has 0 spiro atoms. The monoisotopic (exact) mass is 416 g/mol. The van der Waals surface area contributed by atoms with Gasteiger partial charge in [-0.3, -0.25) is 0 Å². The average molecular weight is 417 g/mol. The lowest BCUT2D eigenvalue weighted by molar-refractivity contribution is 0.177. The van der Waals surface area contributed by atoms with E-state index in [2.05, 4.69) is 45.8 Å². The maximum atomic E-state index is 5.91. The predicted molar refractivity (Wildman–Crippen MR) is 113 cm³/mol. The third-order valence-corrected chi connectivity index (χ3v) is 5.03. The van der Waals surface area contributed by atoms with Crippen LogP contribution in [-0.4, -0.2) is 29.4 Å². The SMILES string of the molecule is COCc1nc(NCc2ccc(SC)cc2)cc(C2CC(N)C2)n1.Cl.Cl. The molecule has 1 aliphatic carbocycles. The predicted octanol–water partition coefficient (Wildman–Crippen LogP) is 4.01. The first-order valence-electron chi connectivity index (χ1n) is 8.17. The topological polar surface area (TPSA) is 73.1 Å². The van der Waals surface area contributed by atoms with Crippen molar-refractivity contribution in [1.82, 2.24) is 9.97 Å². The molecule has 0 atom stereocenters. The molecular weight excluding hydrogens is 391 g/mol. The fourth-order valence-electron chi connectivity index (χ4n) is 2.85. The van der Waals surface area contributed by atoms with Crippen LogP contribution in [0.25, 0.3) is 0 Å². The Balaban J connectivity index is 0.00000169. The van der Waals surface area contributed by atoms with Gasteiger partial charge >= 0.3 is 0 Å². The number of anilines is 1. The minimum absolute atomic E-state index is 0. The minimum Gasteiger partial charge on any atom is -0.377 e. The zero-order chi connectivity index (χ0) is 16.9. The number of nitrogens with two attached hydrogens (primary N) is 1. The molecule has 0 aliphatic heterocycles. The van der Waals surface area contributed by atoms with Gasteiger partial charge in [-0.05, 0) is 36.8 Å². The molecule has 3 N–H and O–H groups in total. The Morgan fingerprint density at radius 1 is 1.19 bits per heavy atom. The Kier molecular flexibility index (Phi) is 9.68. The van der Waals surface area contributed by atoms with Crippen LogP contribution in [0.4, 0.5) is 5.82 Å². The maximum Gasteiger partial charge on any atom is 0.156 e. The van der Waals surface area contributed by atoms with E-state index in [1.165, 1.54) is 10.5 Å². The second-order valence-corrected chi connectivity index (χ2v) is 7.04. The van der Waals surface area contributed by atoms with Crippen molar-refractivity contribution in [1.29, 1.82) is 0 Å². The summed E-state index contributed by atoms with van der Waals surface area (Å²) in [6, 6.07) is 10.9. The van der Waals surface area contributed by atoms with Gasteiger partial charge in [-0.25, -0.2) is 9.97 Å². The smallest absolute Gasteiger partial charge is 0.156 e. The molecule has 144 valence electrons. The van der Waals surface area contributed by atoms with E-state index >= 15 is 0 Å². The summed E-state index contributed by atoms with van der Waals surface area (Å²) in [5, 5.41) is 3.41. The molecule has 1 heterocycles. The van der Waals surface area contributed by atoms with Gasteiger partial charge in [-0.15, -0.1) is 36.6 Å². The zero-order valence-electron chi connectivity index (χ0n) is 15.0. The van der Waals surface area contributed by atoms with Crippen LogP contribution in [0.1, 0.15) is 35.8 Å². The quantitative estimate of drug-likeness (QED) is 0.664. The average Bonchev–Trinajstić information content (AvgIpc) is 2.58. The van der Waals surface area contributed by atoms with Crippen molar-refractivity contribution >= 4 is 42.4 Å². The highest BCUT2D eigenvalue weighted by Crippen LogP contribution is 2.35. The first-order chi connectivity index (χ1) is 11.7. The molecule has 8 heteroatoms. The van der Waals surface area contributed by atoms with E-state index in [1.54, 1.807) is 18.9 Å². The lowest BCUT2D eigenvalue weighted by atomic mass is 9.78. The van der Waals surface area contributed by atoms with E-state index in [1.807, 2.05) is 6.07 Å². The van der Waals surface area contributed by atoms with Gasteiger partial charge in [0.2, 0.25) is 0 Å². The van der Waals surface area contributed by atoms with E-state index in [9.17, 15) is 0 Å². The van der Waals surface area contributed by atoms with Gasteiger partial charge in [0, 0.05) is 42.3 Å². The first kappa shape index (κ1) is 23.0. The number of nitrogens with one attached hydrogen (secondary N) is 1. The Labute approximate surface area is 171 Å². The Bertz CT molecular complexity index is 681. The van der Waals surface area contributed by atoms with Crippen molar-refractivity contribution in [3.8, 4) is 0 Å². The van der Waals surface area contributed by atoms with Crippen molar-refractivity contribution in [2.75, 3.05) is 18.7 Å². The van der Waals surface area contributed by atoms with Gasteiger partial charge in [0.25, 0.3) is 0 Å². The molecule has 3 rings (SSSR count). The number of halogens is 2. The molecule has 26 heavy (non-hydrogen) atoms. The van der Waals surface area contributed by atoms with Crippen LogP contribution in [0.2, 0.25) is 0 Å². The normalized spacial score (nSPS) is 18.3. The third kappa shape index (κ3) is 5.99. The van der Waals surface area contributed by atoms with Crippen molar-refractivity contribution < 1.29 is 4.74 Å². The molecule has 0 unspecified atom stereocenters. The van der Waals surface area contributed by atoms with Crippen LogP contribution in [-0.2, 0) is 17.9 Å². The number of methoxy groups -OCH3 is 1. The van der Waals surface area contributed by atoms with E-state index < -0.39 is 0 Å². The Hall–Kier alpha value is -1.05. The Morgan fingerprint density at radius 2 is 1.88 bits per heavy atom. The van der Waals surface area contributed by atoms with Crippen LogP contribution in [0, 0.1) is 0 Å². The summed E-state index contributed by atoms with van der Waals surface area (Å²) in [6.45, 7) is 1.16. The highest BCUT2D eigenvalue weighted by Gasteiger charge is 2.29. The largest absolute Gasteiger partial charge is 0.377 e. The van der Waals surface area contributed by atoms with Crippen LogP contribution in [0.15, 0.2) is 35.2 Å². The second-order valence-electron chi connectivity index (χ2n) is 6.16. The molecule has 0 radical (unpaired) electrons. The molecule has 1 saturated carbocycles. The molecular formula is C18H26Cl2N4OS. The van der Waals surface area contributed by atoms with Crippen molar-refractivity contribution in [3.63, 3.8) is 0 Å².